The monoisotopic (exact) mass is 380 g/mol. The van der Waals surface area contributed by atoms with Crippen molar-refractivity contribution in [1.29, 1.82) is 0 Å². The summed E-state index contributed by atoms with van der Waals surface area (Å²) in [6.45, 7) is 1.71. The second-order valence-corrected chi connectivity index (χ2v) is 7.35. The zero-order valence-corrected chi connectivity index (χ0v) is 13.9. The third kappa shape index (κ3) is 3.05. The highest BCUT2D eigenvalue weighted by Crippen LogP contribution is 2.63. The maximum absolute atomic E-state index is 12.0. The molecule has 102 valence electrons. The molecule has 7 heteroatoms. The third-order valence-electron chi connectivity index (χ3n) is 3.11. The van der Waals surface area contributed by atoms with E-state index in [-0.39, 0.29) is 11.0 Å². The first-order valence-electron chi connectivity index (χ1n) is 5.51. The molecule has 1 saturated carbocycles. The SMILES string of the molecule is C[C@]1(C(=O)NC(=S)Nc2ccccc2Br)CC1(Cl)Cl. The minimum absolute atomic E-state index is 0.217. The lowest BCUT2D eigenvalue weighted by molar-refractivity contribution is -0.124. The van der Waals surface area contributed by atoms with Gasteiger partial charge in [0.15, 0.2) is 5.11 Å². The van der Waals surface area contributed by atoms with Crippen molar-refractivity contribution in [3.05, 3.63) is 28.7 Å². The van der Waals surface area contributed by atoms with Gasteiger partial charge >= 0.3 is 0 Å². The molecule has 1 amide bonds. The van der Waals surface area contributed by atoms with E-state index in [4.69, 9.17) is 35.4 Å². The molecule has 0 radical (unpaired) electrons. The summed E-state index contributed by atoms with van der Waals surface area (Å²) < 4.78 is -0.145. The molecule has 2 rings (SSSR count). The predicted molar refractivity (Wildman–Crippen MR) is 85.7 cm³/mol. The fourth-order valence-electron chi connectivity index (χ4n) is 1.60. The lowest BCUT2D eigenvalue weighted by atomic mass is 10.1. The van der Waals surface area contributed by atoms with E-state index < -0.39 is 9.75 Å². The predicted octanol–water partition coefficient (Wildman–Crippen LogP) is 3.85. The Balaban J connectivity index is 1.96. The van der Waals surface area contributed by atoms with Gasteiger partial charge in [0, 0.05) is 4.47 Å². The van der Waals surface area contributed by atoms with Gasteiger partial charge in [0.05, 0.1) is 11.1 Å². The molecule has 0 saturated heterocycles. The molecule has 1 fully saturated rings. The quantitative estimate of drug-likeness (QED) is 0.603. The molecule has 1 aliphatic rings. The summed E-state index contributed by atoms with van der Waals surface area (Å²) >= 11 is 20.4. The van der Waals surface area contributed by atoms with Crippen molar-refractivity contribution in [3.63, 3.8) is 0 Å². The van der Waals surface area contributed by atoms with Gasteiger partial charge in [0.1, 0.15) is 4.33 Å². The molecule has 1 aromatic rings. The summed E-state index contributed by atoms with van der Waals surface area (Å²) in [4.78, 5) is 12.0. The fourth-order valence-corrected chi connectivity index (χ4v) is 2.90. The van der Waals surface area contributed by atoms with Crippen molar-refractivity contribution in [2.75, 3.05) is 5.32 Å². The molecule has 0 spiro atoms. The third-order valence-corrected chi connectivity index (χ3v) is 5.11. The highest BCUT2D eigenvalue weighted by molar-refractivity contribution is 9.10. The van der Waals surface area contributed by atoms with E-state index in [9.17, 15) is 4.79 Å². The van der Waals surface area contributed by atoms with E-state index in [1.165, 1.54) is 0 Å². The first kappa shape index (κ1) is 15.0. The summed E-state index contributed by atoms with van der Waals surface area (Å²) in [6, 6.07) is 7.46. The van der Waals surface area contributed by atoms with Crippen LogP contribution in [0.4, 0.5) is 5.69 Å². The van der Waals surface area contributed by atoms with Crippen molar-refractivity contribution >= 4 is 68.1 Å². The number of carbonyl (C=O) groups excluding carboxylic acids is 1. The van der Waals surface area contributed by atoms with Crippen molar-refractivity contribution in [2.45, 2.75) is 17.7 Å². The van der Waals surface area contributed by atoms with Gasteiger partial charge < -0.3 is 10.6 Å². The van der Waals surface area contributed by atoms with Crippen molar-refractivity contribution in [3.8, 4) is 0 Å². The number of hydrogen-bond acceptors (Lipinski definition) is 2. The summed E-state index contributed by atoms with van der Waals surface area (Å²) in [5.41, 5.74) is -0.00720. The Bertz CT molecular complexity index is 552. The van der Waals surface area contributed by atoms with E-state index in [2.05, 4.69) is 26.6 Å². The van der Waals surface area contributed by atoms with Gasteiger partial charge in [-0.25, -0.2) is 0 Å². The summed E-state index contributed by atoms with van der Waals surface area (Å²) in [5, 5.41) is 5.76. The molecule has 2 N–H and O–H groups in total. The van der Waals surface area contributed by atoms with E-state index in [1.807, 2.05) is 24.3 Å². The minimum Gasteiger partial charge on any atom is -0.331 e. The van der Waals surface area contributed by atoms with Crippen LogP contribution in [0.15, 0.2) is 28.7 Å². The number of halogens is 3. The van der Waals surface area contributed by atoms with Gasteiger partial charge in [0.2, 0.25) is 5.91 Å². The number of nitrogens with one attached hydrogen (secondary N) is 2. The Kier molecular flexibility index (Phi) is 4.12. The standard InChI is InChI=1S/C12H11BrCl2N2OS/c1-11(6-12(11,14)15)9(18)17-10(19)16-8-5-3-2-4-7(8)13/h2-5H,6H2,1H3,(H2,16,17,18,19)/t11-/m1/s1. The fraction of sp³-hybridized carbons (Fsp3) is 0.333. The van der Waals surface area contributed by atoms with E-state index >= 15 is 0 Å². The van der Waals surface area contributed by atoms with E-state index in [0.29, 0.717) is 6.42 Å². The van der Waals surface area contributed by atoms with Gasteiger partial charge in [-0.1, -0.05) is 12.1 Å². The number of carbonyl (C=O) groups is 1. The molecule has 0 heterocycles. The summed E-state index contributed by atoms with van der Waals surface area (Å²) in [7, 11) is 0. The molecular formula is C12H11BrCl2N2OS. The molecule has 19 heavy (non-hydrogen) atoms. The molecule has 1 atom stereocenters. The normalized spacial score (nSPS) is 23.6. The molecule has 0 aliphatic heterocycles. The van der Waals surface area contributed by atoms with Crippen LogP contribution in [0.25, 0.3) is 0 Å². The van der Waals surface area contributed by atoms with Gasteiger partial charge in [-0.05, 0) is 53.6 Å². The van der Waals surface area contributed by atoms with Crippen LogP contribution in [-0.4, -0.2) is 15.4 Å². The number of rotatable bonds is 2. The number of alkyl halides is 2. The number of para-hydroxylation sites is 1. The molecule has 0 unspecified atom stereocenters. The van der Waals surface area contributed by atoms with Gasteiger partial charge in [-0.2, -0.15) is 0 Å². The minimum atomic E-state index is -1.000. The number of amides is 1. The molecule has 0 aromatic heterocycles. The van der Waals surface area contributed by atoms with Gasteiger partial charge in [0.25, 0.3) is 0 Å². The van der Waals surface area contributed by atoms with E-state index in [1.54, 1.807) is 6.92 Å². The maximum atomic E-state index is 12.0. The largest absolute Gasteiger partial charge is 0.331 e. The Morgan fingerprint density at radius 3 is 2.53 bits per heavy atom. The summed E-state index contributed by atoms with van der Waals surface area (Å²) in [6.07, 6.45) is 0.423. The van der Waals surface area contributed by atoms with Crippen LogP contribution in [0.1, 0.15) is 13.3 Å². The Morgan fingerprint density at radius 2 is 2.00 bits per heavy atom. The lowest BCUT2D eigenvalue weighted by Crippen LogP contribution is -2.40. The number of benzene rings is 1. The molecule has 1 aliphatic carbocycles. The topological polar surface area (TPSA) is 41.1 Å². The van der Waals surface area contributed by atoms with Crippen LogP contribution in [-0.2, 0) is 4.79 Å². The number of anilines is 1. The van der Waals surface area contributed by atoms with Crippen molar-refractivity contribution < 1.29 is 4.79 Å². The van der Waals surface area contributed by atoms with E-state index in [0.717, 1.165) is 10.2 Å². The average molecular weight is 382 g/mol. The zero-order valence-electron chi connectivity index (χ0n) is 9.97. The zero-order chi connectivity index (χ0) is 14.3. The molecule has 3 nitrogen and oxygen atoms in total. The van der Waals surface area contributed by atoms with Crippen molar-refractivity contribution in [1.82, 2.24) is 5.32 Å². The second-order valence-electron chi connectivity index (χ2n) is 4.60. The van der Waals surface area contributed by atoms with Crippen LogP contribution in [0.3, 0.4) is 0 Å². The first-order valence-corrected chi connectivity index (χ1v) is 7.47. The summed E-state index contributed by atoms with van der Waals surface area (Å²) in [5.74, 6) is -0.276. The van der Waals surface area contributed by atoms with Crippen LogP contribution in [0.5, 0.6) is 0 Å². The van der Waals surface area contributed by atoms with Crippen molar-refractivity contribution in [2.24, 2.45) is 5.41 Å². The van der Waals surface area contributed by atoms with Gasteiger partial charge in [-0.3, -0.25) is 4.79 Å². The smallest absolute Gasteiger partial charge is 0.235 e. The molecule has 0 bridgehead atoms. The van der Waals surface area contributed by atoms with Crippen LogP contribution < -0.4 is 10.6 Å². The average Bonchev–Trinajstić information content (AvgIpc) is 2.83. The first-order chi connectivity index (χ1) is 8.76. The number of hydrogen-bond donors (Lipinski definition) is 2. The maximum Gasteiger partial charge on any atom is 0.235 e. The molecule has 1 aromatic carbocycles. The van der Waals surface area contributed by atoms with Crippen LogP contribution in [0, 0.1) is 5.41 Å². The van der Waals surface area contributed by atoms with Gasteiger partial charge in [-0.15, -0.1) is 23.2 Å². The lowest BCUT2D eigenvalue weighted by Gasteiger charge is -2.15. The highest BCUT2D eigenvalue weighted by Gasteiger charge is 2.68. The second kappa shape index (κ2) is 5.20. The van der Waals surface area contributed by atoms with Crippen LogP contribution >= 0.6 is 51.3 Å². The Labute approximate surface area is 135 Å². The Morgan fingerprint density at radius 1 is 1.42 bits per heavy atom. The highest BCUT2D eigenvalue weighted by atomic mass is 79.9. The molecular weight excluding hydrogens is 371 g/mol. The Hall–Kier alpha value is -0.360. The number of thiocarbonyl (C=S) groups is 1. The van der Waals surface area contributed by atoms with Crippen LogP contribution in [0.2, 0.25) is 0 Å².